The molecule has 0 amide bonds. The fourth-order valence-electron chi connectivity index (χ4n) is 5.67. The Morgan fingerprint density at radius 3 is 2.63 bits per heavy atom. The highest BCUT2D eigenvalue weighted by Gasteiger charge is 2.43. The molecule has 1 saturated heterocycles. The van der Waals surface area contributed by atoms with Gasteiger partial charge in [0.25, 0.3) is 0 Å². The summed E-state index contributed by atoms with van der Waals surface area (Å²) in [6.07, 6.45) is 7.73. The van der Waals surface area contributed by atoms with E-state index in [4.69, 9.17) is 10.00 Å². The number of aromatic nitrogens is 2. The van der Waals surface area contributed by atoms with Crippen molar-refractivity contribution in [3.63, 3.8) is 0 Å². The van der Waals surface area contributed by atoms with Crippen molar-refractivity contribution < 1.29 is 17.9 Å². The molecule has 3 aromatic rings. The maximum Gasteiger partial charge on any atom is 0.148 e. The van der Waals surface area contributed by atoms with Crippen LogP contribution in [0.15, 0.2) is 54.9 Å². The summed E-state index contributed by atoms with van der Waals surface area (Å²) in [7, 11) is 0. The first-order valence-corrected chi connectivity index (χ1v) is 13.1. The molecule has 0 unspecified atom stereocenters. The van der Waals surface area contributed by atoms with Crippen molar-refractivity contribution in [2.75, 3.05) is 19.8 Å². The van der Waals surface area contributed by atoms with Crippen LogP contribution < -0.4 is 4.74 Å². The number of alkyl halides is 1. The van der Waals surface area contributed by atoms with Crippen LogP contribution in [0.2, 0.25) is 0 Å². The molecule has 1 aromatic heterocycles. The van der Waals surface area contributed by atoms with E-state index in [9.17, 15) is 8.78 Å². The van der Waals surface area contributed by atoms with E-state index >= 15 is 4.39 Å². The smallest absolute Gasteiger partial charge is 0.148 e. The molecule has 5 nitrogen and oxygen atoms in total. The van der Waals surface area contributed by atoms with Crippen LogP contribution in [0.5, 0.6) is 5.75 Å². The highest BCUT2D eigenvalue weighted by Crippen LogP contribution is 2.48. The molecule has 2 aromatic carbocycles. The van der Waals surface area contributed by atoms with Gasteiger partial charge in [0.05, 0.1) is 30.4 Å². The zero-order chi connectivity index (χ0) is 26.3. The molecule has 0 N–H and O–H groups in total. The van der Waals surface area contributed by atoms with E-state index < -0.39 is 17.7 Å². The molecule has 8 heteroatoms. The number of ether oxygens (including phenoxy) is 1. The normalized spacial score (nSPS) is 20.8. The Morgan fingerprint density at radius 1 is 1.11 bits per heavy atom. The maximum absolute atomic E-state index is 15.2. The van der Waals surface area contributed by atoms with Gasteiger partial charge in [0, 0.05) is 29.9 Å². The number of hydrogen-bond donors (Lipinski definition) is 0. The van der Waals surface area contributed by atoms with Crippen molar-refractivity contribution in [3.05, 3.63) is 88.8 Å². The number of nitrogens with zero attached hydrogens (tertiary/aromatic N) is 4. The van der Waals surface area contributed by atoms with Crippen LogP contribution in [0.1, 0.15) is 65.8 Å². The van der Waals surface area contributed by atoms with Crippen molar-refractivity contribution >= 4 is 5.83 Å². The Balaban J connectivity index is 1.16. The summed E-state index contributed by atoms with van der Waals surface area (Å²) in [5.74, 6) is 0.580. The van der Waals surface area contributed by atoms with Gasteiger partial charge in [-0.3, -0.25) is 9.29 Å². The van der Waals surface area contributed by atoms with E-state index in [2.05, 4.69) is 14.5 Å². The average molecular weight is 519 g/mol. The highest BCUT2D eigenvalue weighted by atomic mass is 19.1. The summed E-state index contributed by atoms with van der Waals surface area (Å²) in [5.41, 5.74) is 1.53. The van der Waals surface area contributed by atoms with Crippen molar-refractivity contribution in [3.8, 4) is 11.8 Å². The third-order valence-electron chi connectivity index (χ3n) is 8.22. The average Bonchev–Trinajstić information content (AvgIpc) is 3.59. The number of imidazole rings is 1. The summed E-state index contributed by atoms with van der Waals surface area (Å²) in [6.45, 7) is 2.81. The molecule has 0 radical (unpaired) electrons. The largest absolute Gasteiger partial charge is 0.480 e. The monoisotopic (exact) mass is 518 g/mol. The molecule has 38 heavy (non-hydrogen) atoms. The zero-order valence-corrected chi connectivity index (χ0v) is 21.0. The minimum absolute atomic E-state index is 0.180. The third kappa shape index (κ3) is 4.71. The van der Waals surface area contributed by atoms with Crippen LogP contribution in [0.3, 0.4) is 0 Å². The lowest BCUT2D eigenvalue weighted by atomic mass is 9.86. The van der Waals surface area contributed by atoms with E-state index in [1.54, 1.807) is 12.3 Å². The number of benzene rings is 2. The van der Waals surface area contributed by atoms with Gasteiger partial charge in [-0.15, -0.1) is 0 Å². The Hall–Kier alpha value is -3.57. The van der Waals surface area contributed by atoms with Crippen LogP contribution in [0.4, 0.5) is 13.2 Å². The van der Waals surface area contributed by atoms with E-state index in [-0.39, 0.29) is 29.1 Å². The van der Waals surface area contributed by atoms with E-state index in [1.165, 1.54) is 18.2 Å². The molecule has 2 fully saturated rings. The van der Waals surface area contributed by atoms with Crippen LogP contribution in [0.25, 0.3) is 5.83 Å². The summed E-state index contributed by atoms with van der Waals surface area (Å²) in [4.78, 5) is 6.89. The molecule has 0 spiro atoms. The second-order valence-corrected chi connectivity index (χ2v) is 10.8. The van der Waals surface area contributed by atoms with Gasteiger partial charge in [-0.25, -0.2) is 13.8 Å². The number of para-hydroxylation sites is 1. The molecular formula is C30H29F3N4O. The molecule has 3 aliphatic rings. The lowest BCUT2D eigenvalue weighted by molar-refractivity contribution is 0.190. The molecule has 3 heterocycles. The number of rotatable bonds is 7. The van der Waals surface area contributed by atoms with Crippen molar-refractivity contribution in [2.45, 2.75) is 50.8 Å². The lowest BCUT2D eigenvalue weighted by Gasteiger charge is -2.34. The van der Waals surface area contributed by atoms with Crippen LogP contribution >= 0.6 is 0 Å². The SMILES string of the molecule is N#Cc1ccc([C@@H]2C=C(F)c3cccc(C4CCN(Cc5nccn5CC5(CF)CC5)CC4)c3O2)c(F)c1. The number of halogens is 3. The van der Waals surface area contributed by atoms with Crippen LogP contribution in [-0.2, 0) is 13.1 Å². The predicted octanol–water partition coefficient (Wildman–Crippen LogP) is 6.47. The lowest BCUT2D eigenvalue weighted by Crippen LogP contribution is -2.34. The van der Waals surface area contributed by atoms with Gasteiger partial charge in [-0.1, -0.05) is 18.2 Å². The second kappa shape index (κ2) is 9.95. The first-order chi connectivity index (χ1) is 18.5. The summed E-state index contributed by atoms with van der Waals surface area (Å²) < 4.78 is 51.6. The van der Waals surface area contributed by atoms with E-state index in [0.717, 1.165) is 56.2 Å². The first-order valence-electron chi connectivity index (χ1n) is 13.1. The van der Waals surface area contributed by atoms with E-state index in [1.807, 2.05) is 24.4 Å². The topological polar surface area (TPSA) is 54.1 Å². The minimum Gasteiger partial charge on any atom is -0.480 e. The fraction of sp³-hybridized carbons (Fsp3) is 0.400. The number of fused-ring (bicyclic) bond motifs is 1. The molecule has 1 saturated carbocycles. The predicted molar refractivity (Wildman–Crippen MR) is 137 cm³/mol. The van der Waals surface area contributed by atoms with Gasteiger partial charge in [0.1, 0.15) is 29.3 Å². The van der Waals surface area contributed by atoms with Crippen molar-refractivity contribution in [1.82, 2.24) is 14.5 Å². The molecular weight excluding hydrogens is 489 g/mol. The Labute approximate surface area is 220 Å². The maximum atomic E-state index is 15.2. The van der Waals surface area contributed by atoms with Gasteiger partial charge in [0.2, 0.25) is 0 Å². The number of nitriles is 1. The molecule has 6 rings (SSSR count). The minimum atomic E-state index is -0.908. The van der Waals surface area contributed by atoms with Gasteiger partial charge in [0.15, 0.2) is 0 Å². The summed E-state index contributed by atoms with van der Waals surface area (Å²) >= 11 is 0. The van der Waals surface area contributed by atoms with Crippen molar-refractivity contribution in [2.24, 2.45) is 5.41 Å². The molecule has 0 bridgehead atoms. The molecule has 196 valence electrons. The first kappa shape index (κ1) is 24.7. The van der Waals surface area contributed by atoms with E-state index in [0.29, 0.717) is 24.4 Å². The van der Waals surface area contributed by atoms with Gasteiger partial charge in [-0.2, -0.15) is 5.26 Å². The highest BCUT2D eigenvalue weighted by molar-refractivity contribution is 5.70. The zero-order valence-electron chi connectivity index (χ0n) is 21.0. The fourth-order valence-corrected chi connectivity index (χ4v) is 5.67. The van der Waals surface area contributed by atoms with Gasteiger partial charge in [-0.05, 0) is 74.5 Å². The summed E-state index contributed by atoms with van der Waals surface area (Å²) in [5, 5.41) is 9.04. The van der Waals surface area contributed by atoms with Crippen LogP contribution in [0, 0.1) is 22.6 Å². The number of hydrogen-bond acceptors (Lipinski definition) is 4. The quantitative estimate of drug-likeness (QED) is 0.360. The molecule has 2 aliphatic heterocycles. The number of likely N-dealkylation sites (tertiary alicyclic amines) is 1. The Morgan fingerprint density at radius 2 is 1.92 bits per heavy atom. The number of piperidine rings is 1. The standard InChI is InChI=1S/C30H29F3N4O/c31-18-30(8-9-30)19-37-13-10-35-28(37)17-36-11-6-21(7-12-36)22-2-1-3-24-26(33)15-27(38-29(22)24)23-5-4-20(16-34)14-25(23)32/h1-5,10,13-15,21,27H,6-9,11-12,17-19H2/t27-/m0/s1. The summed E-state index contributed by atoms with van der Waals surface area (Å²) in [6, 6.07) is 11.6. The third-order valence-corrected chi connectivity index (χ3v) is 8.22. The molecule has 1 atom stereocenters. The molecule has 1 aliphatic carbocycles. The van der Waals surface area contributed by atoms with Gasteiger partial charge < -0.3 is 9.30 Å². The van der Waals surface area contributed by atoms with Gasteiger partial charge >= 0.3 is 0 Å². The van der Waals surface area contributed by atoms with Crippen LogP contribution in [-0.4, -0.2) is 34.2 Å². The van der Waals surface area contributed by atoms with Crippen molar-refractivity contribution in [1.29, 1.82) is 5.26 Å². The Kier molecular flexibility index (Phi) is 6.48. The second-order valence-electron chi connectivity index (χ2n) is 10.8. The Bertz CT molecular complexity index is 1410.